The molecular formula is C10H8N4O4S2. The predicted molar refractivity (Wildman–Crippen MR) is 74.7 cm³/mol. The fourth-order valence-electron chi connectivity index (χ4n) is 1.37. The summed E-state index contributed by atoms with van der Waals surface area (Å²) in [5, 5.41) is 12.6. The fourth-order valence-corrected chi connectivity index (χ4v) is 3.27. The first-order valence-electron chi connectivity index (χ1n) is 5.23. The van der Waals surface area contributed by atoms with Crippen molar-refractivity contribution in [2.45, 2.75) is 4.34 Å². The molecule has 0 fully saturated rings. The van der Waals surface area contributed by atoms with Crippen LogP contribution in [0.15, 0.2) is 22.5 Å². The number of fused-ring (bicyclic) bond motifs is 1. The number of non-ortho nitro benzene ring substituents is 1. The van der Waals surface area contributed by atoms with E-state index in [1.54, 1.807) is 6.07 Å². The first-order chi connectivity index (χ1) is 9.45. The molecule has 3 N–H and O–H groups in total. The van der Waals surface area contributed by atoms with Gasteiger partial charge in [0.25, 0.3) is 5.69 Å². The van der Waals surface area contributed by atoms with Crippen LogP contribution in [0.25, 0.3) is 10.2 Å². The highest BCUT2D eigenvalue weighted by atomic mass is 32.2. The summed E-state index contributed by atoms with van der Waals surface area (Å²) >= 11 is 2.37. The van der Waals surface area contributed by atoms with E-state index in [-0.39, 0.29) is 11.4 Å². The van der Waals surface area contributed by atoms with Crippen LogP contribution in [-0.4, -0.2) is 27.6 Å². The van der Waals surface area contributed by atoms with Crippen LogP contribution in [-0.2, 0) is 4.79 Å². The first kappa shape index (κ1) is 14.2. The summed E-state index contributed by atoms with van der Waals surface area (Å²) in [7, 11) is 0. The lowest BCUT2D eigenvalue weighted by Gasteiger charge is -1.97. The number of thioether (sulfide) groups is 1. The Labute approximate surface area is 120 Å². The SMILES string of the molecule is NC(=O)NC(=O)CSc1nc2ccc([N+](=O)[O-])cc2s1. The molecule has 104 valence electrons. The molecule has 0 aliphatic rings. The maximum absolute atomic E-state index is 11.2. The number of imide groups is 1. The van der Waals surface area contributed by atoms with Gasteiger partial charge in [0.05, 0.1) is 20.9 Å². The molecule has 0 aliphatic heterocycles. The Morgan fingerprint density at radius 1 is 1.50 bits per heavy atom. The van der Waals surface area contributed by atoms with Gasteiger partial charge >= 0.3 is 6.03 Å². The topological polar surface area (TPSA) is 128 Å². The number of aromatic nitrogens is 1. The van der Waals surface area contributed by atoms with Gasteiger partial charge in [-0.3, -0.25) is 20.2 Å². The highest BCUT2D eigenvalue weighted by Crippen LogP contribution is 2.31. The standard InChI is InChI=1S/C10H8N4O4S2/c11-9(16)13-8(15)4-19-10-12-6-2-1-5(14(17)18)3-7(6)20-10/h1-3H,4H2,(H3,11,13,15,16). The maximum atomic E-state index is 11.2. The molecule has 20 heavy (non-hydrogen) atoms. The molecule has 1 aromatic heterocycles. The Morgan fingerprint density at radius 2 is 2.25 bits per heavy atom. The molecule has 1 aromatic carbocycles. The number of thiazole rings is 1. The molecule has 2 rings (SSSR count). The monoisotopic (exact) mass is 312 g/mol. The van der Waals surface area contributed by atoms with Crippen molar-refractivity contribution >= 4 is 50.9 Å². The van der Waals surface area contributed by atoms with Gasteiger partial charge in [0.1, 0.15) is 0 Å². The lowest BCUT2D eigenvalue weighted by atomic mass is 10.3. The van der Waals surface area contributed by atoms with E-state index in [4.69, 9.17) is 5.73 Å². The van der Waals surface area contributed by atoms with Gasteiger partial charge in [0.15, 0.2) is 4.34 Å². The number of hydrogen-bond acceptors (Lipinski definition) is 7. The Morgan fingerprint density at radius 3 is 2.90 bits per heavy atom. The van der Waals surface area contributed by atoms with E-state index in [0.717, 1.165) is 11.8 Å². The molecule has 1 heterocycles. The molecule has 10 heteroatoms. The number of nitrogens with zero attached hydrogens (tertiary/aromatic N) is 2. The molecule has 2 aromatic rings. The third-order valence-corrected chi connectivity index (χ3v) is 4.31. The van der Waals surface area contributed by atoms with Crippen LogP contribution in [0.1, 0.15) is 0 Å². The van der Waals surface area contributed by atoms with Crippen molar-refractivity contribution in [3.05, 3.63) is 28.3 Å². The van der Waals surface area contributed by atoms with Gasteiger partial charge in [0, 0.05) is 12.1 Å². The van der Waals surface area contributed by atoms with Crippen LogP contribution in [0.4, 0.5) is 10.5 Å². The summed E-state index contributed by atoms with van der Waals surface area (Å²) in [5.41, 5.74) is 5.43. The second kappa shape index (κ2) is 5.84. The van der Waals surface area contributed by atoms with Crippen molar-refractivity contribution in [3.63, 3.8) is 0 Å². The number of hydrogen-bond donors (Lipinski definition) is 2. The van der Waals surface area contributed by atoms with Crippen molar-refractivity contribution in [1.82, 2.24) is 10.3 Å². The normalized spacial score (nSPS) is 10.4. The number of nitrogens with two attached hydrogens (primary N) is 1. The molecule has 0 bridgehead atoms. The van der Waals surface area contributed by atoms with Gasteiger partial charge in [-0.1, -0.05) is 11.8 Å². The van der Waals surface area contributed by atoms with Crippen molar-refractivity contribution < 1.29 is 14.5 Å². The number of carbonyl (C=O) groups is 2. The second-order valence-corrected chi connectivity index (χ2v) is 5.84. The molecule has 8 nitrogen and oxygen atoms in total. The second-order valence-electron chi connectivity index (χ2n) is 3.59. The highest BCUT2D eigenvalue weighted by Gasteiger charge is 2.12. The maximum Gasteiger partial charge on any atom is 0.318 e. The van der Waals surface area contributed by atoms with Crippen LogP contribution in [0.2, 0.25) is 0 Å². The van der Waals surface area contributed by atoms with E-state index in [2.05, 4.69) is 4.98 Å². The number of nitro benzene ring substituents is 1. The average molecular weight is 312 g/mol. The van der Waals surface area contributed by atoms with Gasteiger partial charge in [-0.2, -0.15) is 0 Å². The van der Waals surface area contributed by atoms with Crippen LogP contribution in [0.5, 0.6) is 0 Å². The van der Waals surface area contributed by atoms with Crippen LogP contribution >= 0.6 is 23.1 Å². The lowest BCUT2D eigenvalue weighted by Crippen LogP contribution is -2.36. The summed E-state index contributed by atoms with van der Waals surface area (Å²) < 4.78 is 1.25. The lowest BCUT2D eigenvalue weighted by molar-refractivity contribution is -0.384. The summed E-state index contributed by atoms with van der Waals surface area (Å²) in [5.74, 6) is -0.530. The van der Waals surface area contributed by atoms with Gasteiger partial charge in [-0.05, 0) is 6.07 Å². The zero-order valence-corrected chi connectivity index (χ0v) is 11.5. The minimum Gasteiger partial charge on any atom is -0.351 e. The summed E-state index contributed by atoms with van der Waals surface area (Å²) in [6.45, 7) is 0. The van der Waals surface area contributed by atoms with E-state index in [1.807, 2.05) is 5.32 Å². The van der Waals surface area contributed by atoms with Crippen molar-refractivity contribution in [2.75, 3.05) is 5.75 Å². The number of nitrogens with one attached hydrogen (secondary N) is 1. The highest BCUT2D eigenvalue weighted by molar-refractivity contribution is 8.01. The van der Waals surface area contributed by atoms with Gasteiger partial charge in [-0.25, -0.2) is 9.78 Å². The largest absolute Gasteiger partial charge is 0.351 e. The molecule has 0 saturated carbocycles. The zero-order chi connectivity index (χ0) is 14.7. The molecule has 0 saturated heterocycles. The van der Waals surface area contributed by atoms with Crippen LogP contribution < -0.4 is 11.1 Å². The third-order valence-electron chi connectivity index (χ3n) is 2.15. The van der Waals surface area contributed by atoms with Gasteiger partial charge < -0.3 is 5.73 Å². The minimum atomic E-state index is -0.907. The number of nitro groups is 1. The summed E-state index contributed by atoms with van der Waals surface area (Å²) in [4.78, 5) is 36.1. The van der Waals surface area contributed by atoms with E-state index in [0.29, 0.717) is 14.6 Å². The zero-order valence-electron chi connectivity index (χ0n) is 9.86. The van der Waals surface area contributed by atoms with Crippen molar-refractivity contribution in [1.29, 1.82) is 0 Å². The number of benzene rings is 1. The fraction of sp³-hybridized carbons (Fsp3) is 0.100. The number of primary amides is 1. The molecule has 3 amide bonds. The van der Waals surface area contributed by atoms with Crippen LogP contribution in [0, 0.1) is 10.1 Å². The number of amides is 3. The van der Waals surface area contributed by atoms with Crippen molar-refractivity contribution in [2.24, 2.45) is 5.73 Å². The average Bonchev–Trinajstić information content (AvgIpc) is 2.77. The van der Waals surface area contributed by atoms with E-state index >= 15 is 0 Å². The molecule has 0 unspecified atom stereocenters. The molecule has 0 atom stereocenters. The molecule has 0 aliphatic carbocycles. The van der Waals surface area contributed by atoms with Crippen LogP contribution in [0.3, 0.4) is 0 Å². The predicted octanol–water partition coefficient (Wildman–Crippen LogP) is 1.49. The minimum absolute atomic E-state index is 0.00907. The first-order valence-corrected chi connectivity index (χ1v) is 7.03. The molecule has 0 spiro atoms. The smallest absolute Gasteiger partial charge is 0.318 e. The molecule has 0 radical (unpaired) electrons. The number of urea groups is 1. The van der Waals surface area contributed by atoms with E-state index < -0.39 is 16.9 Å². The van der Waals surface area contributed by atoms with E-state index in [9.17, 15) is 19.7 Å². The van der Waals surface area contributed by atoms with Gasteiger partial charge in [0.2, 0.25) is 5.91 Å². The Hall–Kier alpha value is -2.20. The Kier molecular flexibility index (Phi) is 4.15. The number of carbonyl (C=O) groups excluding carboxylic acids is 2. The summed E-state index contributed by atoms with van der Waals surface area (Å²) in [6, 6.07) is 3.45. The number of rotatable bonds is 4. The quantitative estimate of drug-likeness (QED) is 0.500. The Bertz CT molecular complexity index is 700. The summed E-state index contributed by atoms with van der Waals surface area (Å²) in [6.07, 6.45) is 0. The molecular weight excluding hydrogens is 304 g/mol. The van der Waals surface area contributed by atoms with Crippen molar-refractivity contribution in [3.8, 4) is 0 Å². The Balaban J connectivity index is 2.10. The third kappa shape index (κ3) is 3.42. The van der Waals surface area contributed by atoms with E-state index in [1.165, 1.54) is 23.5 Å². The van der Waals surface area contributed by atoms with Gasteiger partial charge in [-0.15, -0.1) is 11.3 Å².